The summed E-state index contributed by atoms with van der Waals surface area (Å²) in [7, 11) is 1.73. The Bertz CT molecular complexity index is 522. The maximum Gasteiger partial charge on any atom is 0.303 e. The number of pyridine rings is 1. The van der Waals surface area contributed by atoms with Crippen LogP contribution in [-0.2, 0) is 0 Å². The van der Waals surface area contributed by atoms with Gasteiger partial charge in [-0.25, -0.2) is 0 Å². The van der Waals surface area contributed by atoms with E-state index in [1.165, 1.54) is 6.20 Å². The Morgan fingerprint density at radius 2 is 2.29 bits per heavy atom. The molecule has 0 unspecified atom stereocenters. The average molecular weight is 232 g/mol. The zero-order valence-electron chi connectivity index (χ0n) is 9.52. The highest BCUT2D eigenvalue weighted by Crippen LogP contribution is 2.18. The minimum absolute atomic E-state index is 0.167. The molecule has 2 aromatic rings. The highest BCUT2D eigenvalue weighted by molar-refractivity contribution is 6.02. The lowest BCUT2D eigenvalue weighted by Gasteiger charge is -1.99. The van der Waals surface area contributed by atoms with Gasteiger partial charge in [0.05, 0.1) is 5.56 Å². The largest absolute Gasteiger partial charge is 0.426 e. The van der Waals surface area contributed by atoms with Gasteiger partial charge < -0.3 is 9.73 Å². The molecule has 6 heteroatoms. The van der Waals surface area contributed by atoms with Crippen molar-refractivity contribution in [3.8, 4) is 0 Å². The van der Waals surface area contributed by atoms with Crippen LogP contribution in [0.4, 0.5) is 11.8 Å². The van der Waals surface area contributed by atoms with E-state index in [1.807, 2.05) is 0 Å². The summed E-state index contributed by atoms with van der Waals surface area (Å²) < 4.78 is 5.27. The number of carbonyl (C=O) groups is 1. The standard InChI is InChI=1S/C11H12N4O2/c1-7-9(12-2)14-11(17-7)15-10(16)8-4-3-5-13-6-8/h3-6,12H,1-2H3,(H,14,15,16). The van der Waals surface area contributed by atoms with Crippen molar-refractivity contribution >= 4 is 17.7 Å². The highest BCUT2D eigenvalue weighted by atomic mass is 16.4. The number of aryl methyl sites for hydroxylation is 1. The van der Waals surface area contributed by atoms with Gasteiger partial charge in [0.15, 0.2) is 5.82 Å². The number of hydrogen-bond donors (Lipinski definition) is 2. The van der Waals surface area contributed by atoms with Gasteiger partial charge in [0.1, 0.15) is 5.76 Å². The van der Waals surface area contributed by atoms with E-state index in [1.54, 1.807) is 32.3 Å². The first-order valence-electron chi connectivity index (χ1n) is 5.07. The van der Waals surface area contributed by atoms with Crippen molar-refractivity contribution < 1.29 is 9.21 Å². The fourth-order valence-corrected chi connectivity index (χ4v) is 1.35. The predicted molar refractivity (Wildman–Crippen MR) is 63.0 cm³/mol. The molecule has 0 spiro atoms. The second-order valence-corrected chi connectivity index (χ2v) is 3.37. The van der Waals surface area contributed by atoms with Gasteiger partial charge in [-0.15, -0.1) is 0 Å². The zero-order valence-corrected chi connectivity index (χ0v) is 9.52. The molecule has 0 aliphatic carbocycles. The molecule has 0 saturated carbocycles. The summed E-state index contributed by atoms with van der Waals surface area (Å²) in [6.07, 6.45) is 3.08. The minimum Gasteiger partial charge on any atom is -0.426 e. The molecule has 0 aliphatic heterocycles. The number of oxazole rings is 1. The van der Waals surface area contributed by atoms with Gasteiger partial charge in [0.25, 0.3) is 5.91 Å². The second kappa shape index (κ2) is 4.65. The molecule has 17 heavy (non-hydrogen) atoms. The van der Waals surface area contributed by atoms with E-state index in [9.17, 15) is 4.79 Å². The van der Waals surface area contributed by atoms with Crippen molar-refractivity contribution in [1.29, 1.82) is 0 Å². The molecule has 0 atom stereocenters. The lowest BCUT2D eigenvalue weighted by molar-refractivity contribution is 0.102. The Morgan fingerprint density at radius 3 is 2.88 bits per heavy atom. The molecule has 2 heterocycles. The van der Waals surface area contributed by atoms with Crippen LogP contribution in [0.1, 0.15) is 16.1 Å². The van der Waals surface area contributed by atoms with Crippen LogP contribution in [0.2, 0.25) is 0 Å². The van der Waals surface area contributed by atoms with Gasteiger partial charge in [-0.3, -0.25) is 15.1 Å². The van der Waals surface area contributed by atoms with Crippen molar-refractivity contribution in [2.45, 2.75) is 6.92 Å². The Hall–Kier alpha value is -2.37. The van der Waals surface area contributed by atoms with Gasteiger partial charge in [0, 0.05) is 19.4 Å². The average Bonchev–Trinajstić information content (AvgIpc) is 2.70. The summed E-state index contributed by atoms with van der Waals surface area (Å²) in [5.74, 6) is 0.919. The first kappa shape index (κ1) is 11.1. The van der Waals surface area contributed by atoms with Crippen molar-refractivity contribution in [3.05, 3.63) is 35.9 Å². The van der Waals surface area contributed by atoms with E-state index in [4.69, 9.17) is 4.42 Å². The summed E-state index contributed by atoms with van der Waals surface area (Å²) in [6.45, 7) is 1.76. The topological polar surface area (TPSA) is 80.0 Å². The Balaban J connectivity index is 2.13. The van der Waals surface area contributed by atoms with Crippen LogP contribution >= 0.6 is 0 Å². The molecule has 0 aliphatic rings. The van der Waals surface area contributed by atoms with E-state index in [-0.39, 0.29) is 11.9 Å². The first-order chi connectivity index (χ1) is 8.20. The fraction of sp³-hybridized carbons (Fsp3) is 0.182. The van der Waals surface area contributed by atoms with E-state index in [2.05, 4.69) is 20.6 Å². The molecule has 2 N–H and O–H groups in total. The first-order valence-corrected chi connectivity index (χ1v) is 5.07. The van der Waals surface area contributed by atoms with E-state index < -0.39 is 0 Å². The third-order valence-corrected chi connectivity index (χ3v) is 2.18. The maximum absolute atomic E-state index is 11.8. The minimum atomic E-state index is -0.304. The molecular weight excluding hydrogens is 220 g/mol. The van der Waals surface area contributed by atoms with Crippen molar-refractivity contribution in [3.63, 3.8) is 0 Å². The number of carbonyl (C=O) groups excluding carboxylic acids is 1. The maximum atomic E-state index is 11.8. The number of nitrogens with zero attached hydrogens (tertiary/aromatic N) is 2. The van der Waals surface area contributed by atoms with E-state index >= 15 is 0 Å². The summed E-state index contributed by atoms with van der Waals surface area (Å²) in [5.41, 5.74) is 0.453. The van der Waals surface area contributed by atoms with Crippen LogP contribution in [0.15, 0.2) is 28.9 Å². The molecule has 2 aromatic heterocycles. The number of anilines is 2. The summed E-state index contributed by atoms with van der Waals surface area (Å²) >= 11 is 0. The van der Waals surface area contributed by atoms with Crippen LogP contribution in [0, 0.1) is 6.92 Å². The lowest BCUT2D eigenvalue weighted by atomic mass is 10.3. The quantitative estimate of drug-likeness (QED) is 0.841. The Kier molecular flexibility index (Phi) is 3.04. The van der Waals surface area contributed by atoms with Crippen LogP contribution in [0.25, 0.3) is 0 Å². The predicted octanol–water partition coefficient (Wildman–Crippen LogP) is 1.67. The molecule has 6 nitrogen and oxygen atoms in total. The van der Waals surface area contributed by atoms with Crippen LogP contribution in [-0.4, -0.2) is 22.9 Å². The summed E-state index contributed by atoms with van der Waals surface area (Å²) in [6, 6.07) is 3.52. The normalized spacial score (nSPS) is 10.0. The molecule has 0 bridgehead atoms. The molecule has 0 saturated heterocycles. The molecular formula is C11H12N4O2. The molecule has 0 fully saturated rings. The van der Waals surface area contributed by atoms with Crippen molar-refractivity contribution in [2.24, 2.45) is 0 Å². The van der Waals surface area contributed by atoms with Gasteiger partial charge >= 0.3 is 6.01 Å². The third-order valence-electron chi connectivity index (χ3n) is 2.18. The fourth-order valence-electron chi connectivity index (χ4n) is 1.35. The molecule has 2 rings (SSSR count). The van der Waals surface area contributed by atoms with Gasteiger partial charge in [-0.05, 0) is 19.1 Å². The lowest BCUT2D eigenvalue weighted by Crippen LogP contribution is -2.12. The summed E-state index contributed by atoms with van der Waals surface area (Å²) in [4.78, 5) is 19.7. The van der Waals surface area contributed by atoms with Crippen molar-refractivity contribution in [2.75, 3.05) is 17.7 Å². The van der Waals surface area contributed by atoms with Crippen LogP contribution in [0.5, 0.6) is 0 Å². The van der Waals surface area contributed by atoms with Gasteiger partial charge in [-0.1, -0.05) is 0 Å². The monoisotopic (exact) mass is 232 g/mol. The van der Waals surface area contributed by atoms with Gasteiger partial charge in [0.2, 0.25) is 0 Å². The molecule has 1 amide bonds. The molecule has 0 radical (unpaired) electrons. The number of hydrogen-bond acceptors (Lipinski definition) is 5. The second-order valence-electron chi connectivity index (χ2n) is 3.37. The SMILES string of the molecule is CNc1nc(NC(=O)c2cccnc2)oc1C. The molecule has 0 aromatic carbocycles. The Morgan fingerprint density at radius 1 is 1.47 bits per heavy atom. The van der Waals surface area contributed by atoms with Gasteiger partial charge in [-0.2, -0.15) is 4.98 Å². The Labute approximate surface area is 98.1 Å². The summed E-state index contributed by atoms with van der Waals surface area (Å²) in [5, 5.41) is 5.42. The third kappa shape index (κ3) is 2.41. The van der Waals surface area contributed by atoms with Crippen LogP contribution < -0.4 is 10.6 Å². The van der Waals surface area contributed by atoms with Crippen molar-refractivity contribution in [1.82, 2.24) is 9.97 Å². The molecule has 88 valence electrons. The highest BCUT2D eigenvalue weighted by Gasteiger charge is 2.12. The number of amides is 1. The number of aromatic nitrogens is 2. The number of rotatable bonds is 3. The zero-order chi connectivity index (χ0) is 12.3. The van der Waals surface area contributed by atoms with E-state index in [0.29, 0.717) is 17.1 Å². The van der Waals surface area contributed by atoms with Crippen LogP contribution in [0.3, 0.4) is 0 Å². The van der Waals surface area contributed by atoms with E-state index in [0.717, 1.165) is 0 Å². The smallest absolute Gasteiger partial charge is 0.303 e. The number of nitrogens with one attached hydrogen (secondary N) is 2.